The largest absolute Gasteiger partial charge is 0.456 e. The molecule has 4 aromatic heterocycles. The van der Waals surface area contributed by atoms with Crippen LogP contribution in [0, 0.1) is 0 Å². The summed E-state index contributed by atoms with van der Waals surface area (Å²) < 4.78 is 15.4. The number of nitrogens with zero attached hydrogens (tertiary/aromatic N) is 4. The lowest BCUT2D eigenvalue weighted by molar-refractivity contribution is 0.668. The summed E-state index contributed by atoms with van der Waals surface area (Å²) in [6, 6.07) is 80.5. The first-order chi connectivity index (χ1) is 34.2. The third kappa shape index (κ3) is 6.45. The van der Waals surface area contributed by atoms with Crippen LogP contribution in [-0.4, -0.2) is 19.5 Å². The molecule has 14 aromatic rings. The molecule has 0 N–H and O–H groups in total. The average molecular weight is 883 g/mol. The van der Waals surface area contributed by atoms with Gasteiger partial charge in [-0.15, -0.1) is 0 Å². The lowest BCUT2D eigenvalue weighted by Crippen LogP contribution is -2.01. The van der Waals surface area contributed by atoms with Crippen molar-refractivity contribution < 1.29 is 8.83 Å². The number of rotatable bonds is 7. The minimum absolute atomic E-state index is 0.544. The van der Waals surface area contributed by atoms with E-state index in [1.807, 2.05) is 48.5 Å². The zero-order valence-electron chi connectivity index (χ0n) is 37.0. The fourth-order valence-corrected chi connectivity index (χ4v) is 10.2. The van der Waals surface area contributed by atoms with Crippen LogP contribution in [0.3, 0.4) is 0 Å². The summed E-state index contributed by atoms with van der Waals surface area (Å²) in [4.78, 5) is 16.0. The lowest BCUT2D eigenvalue weighted by atomic mass is 10.0. The number of hydrogen-bond acceptors (Lipinski definition) is 5. The second-order valence-electron chi connectivity index (χ2n) is 17.5. The van der Waals surface area contributed by atoms with Crippen LogP contribution in [0.4, 0.5) is 0 Å². The van der Waals surface area contributed by atoms with E-state index in [0.717, 1.165) is 88.4 Å². The second-order valence-corrected chi connectivity index (χ2v) is 17.5. The van der Waals surface area contributed by atoms with Crippen molar-refractivity contribution in [3.63, 3.8) is 0 Å². The van der Waals surface area contributed by atoms with Gasteiger partial charge < -0.3 is 13.4 Å². The Labute approximate surface area is 396 Å². The Kier molecular flexibility index (Phi) is 8.79. The van der Waals surface area contributed by atoms with E-state index in [-0.39, 0.29) is 0 Å². The summed E-state index contributed by atoms with van der Waals surface area (Å²) in [5.41, 5.74) is 15.9. The van der Waals surface area contributed by atoms with Crippen molar-refractivity contribution in [3.05, 3.63) is 231 Å². The molecule has 0 aliphatic rings. The molecular weight excluding hydrogens is 845 g/mol. The van der Waals surface area contributed by atoms with Crippen LogP contribution in [-0.2, 0) is 0 Å². The van der Waals surface area contributed by atoms with Gasteiger partial charge in [-0.2, -0.15) is 0 Å². The molecule has 6 heteroatoms. The topological polar surface area (TPSA) is 69.9 Å². The van der Waals surface area contributed by atoms with Gasteiger partial charge in [0.2, 0.25) is 0 Å². The second kappa shape index (κ2) is 15.6. The quantitative estimate of drug-likeness (QED) is 0.159. The SMILES string of the molecule is c1ccc(-c2cccc(-c3nc(-c4cccc5oc6ccccc6c45)nc(-c4cccc5oc6ccc(-n7c8ccc(-c9ccccc9)cc8c8cc(-c9ccccc9)ccc87)cc6c45)n3)c2)cc1. The van der Waals surface area contributed by atoms with E-state index in [0.29, 0.717) is 17.5 Å². The fourth-order valence-electron chi connectivity index (χ4n) is 10.2. The Morgan fingerprint density at radius 1 is 0.275 bits per heavy atom. The Morgan fingerprint density at radius 2 is 0.725 bits per heavy atom. The van der Waals surface area contributed by atoms with Crippen molar-refractivity contribution in [1.29, 1.82) is 0 Å². The zero-order valence-corrected chi connectivity index (χ0v) is 37.0. The highest BCUT2D eigenvalue weighted by Gasteiger charge is 2.22. The van der Waals surface area contributed by atoms with E-state index in [1.165, 1.54) is 33.0 Å². The predicted octanol–water partition coefficient (Wildman–Crippen LogP) is 16.8. The maximum Gasteiger partial charge on any atom is 0.164 e. The van der Waals surface area contributed by atoms with E-state index >= 15 is 0 Å². The summed E-state index contributed by atoms with van der Waals surface area (Å²) in [5.74, 6) is 1.67. The Hall–Kier alpha value is -9.39. The summed E-state index contributed by atoms with van der Waals surface area (Å²) in [6.45, 7) is 0. The molecule has 0 saturated heterocycles. The van der Waals surface area contributed by atoms with Crippen LogP contribution < -0.4 is 0 Å². The lowest BCUT2D eigenvalue weighted by Gasteiger charge is -2.11. The molecule has 69 heavy (non-hydrogen) atoms. The van der Waals surface area contributed by atoms with Crippen molar-refractivity contribution in [2.45, 2.75) is 0 Å². The average Bonchev–Trinajstić information content (AvgIpc) is 4.10. The van der Waals surface area contributed by atoms with Gasteiger partial charge in [0.05, 0.1) is 11.0 Å². The predicted molar refractivity (Wildman–Crippen MR) is 281 cm³/mol. The standard InChI is InChI=1S/C63H38N4O2/c1-4-15-39(16-5-1)42-21-12-22-45(35-42)61-64-62(48-24-13-27-57-59(48)47-23-10-11-26-55(47)68-57)66-63(65-61)49-25-14-28-58-60(49)52-38-46(31-34-56(52)69-58)67-53-32-29-43(40-17-6-2-7-18-40)36-50(53)51-37-44(30-33-54(51)67)41-19-8-3-9-20-41/h1-38H. The molecule has 0 spiro atoms. The van der Waals surface area contributed by atoms with Crippen molar-refractivity contribution >= 4 is 65.7 Å². The smallest absolute Gasteiger partial charge is 0.164 e. The molecule has 0 unspecified atom stereocenters. The summed E-state index contributed by atoms with van der Waals surface area (Å²) >= 11 is 0. The minimum atomic E-state index is 0.544. The number of furan rings is 2. The first-order valence-corrected chi connectivity index (χ1v) is 23.2. The summed E-state index contributed by atoms with van der Waals surface area (Å²) in [6.07, 6.45) is 0. The maximum atomic E-state index is 6.69. The van der Waals surface area contributed by atoms with Crippen LogP contribution in [0.5, 0.6) is 0 Å². The molecule has 0 bridgehead atoms. The van der Waals surface area contributed by atoms with E-state index in [4.69, 9.17) is 23.8 Å². The molecule has 0 aliphatic heterocycles. The van der Waals surface area contributed by atoms with E-state index in [1.54, 1.807) is 0 Å². The molecule has 0 amide bonds. The molecular formula is C63H38N4O2. The van der Waals surface area contributed by atoms with Gasteiger partial charge in [-0.25, -0.2) is 15.0 Å². The normalized spacial score (nSPS) is 11.8. The Bertz CT molecular complexity index is 4210. The number of aromatic nitrogens is 4. The highest BCUT2D eigenvalue weighted by atomic mass is 16.3. The van der Waals surface area contributed by atoms with Crippen LogP contribution in [0.2, 0.25) is 0 Å². The van der Waals surface area contributed by atoms with Crippen LogP contribution >= 0.6 is 0 Å². The van der Waals surface area contributed by atoms with Crippen LogP contribution in [0.1, 0.15) is 0 Å². The van der Waals surface area contributed by atoms with Gasteiger partial charge in [-0.1, -0.05) is 164 Å². The van der Waals surface area contributed by atoms with Crippen LogP contribution in [0.25, 0.3) is 139 Å². The molecule has 14 rings (SSSR count). The third-order valence-electron chi connectivity index (χ3n) is 13.5. The van der Waals surface area contributed by atoms with Gasteiger partial charge >= 0.3 is 0 Å². The van der Waals surface area contributed by atoms with Gasteiger partial charge in [-0.3, -0.25) is 0 Å². The molecule has 322 valence electrons. The van der Waals surface area contributed by atoms with Gasteiger partial charge in [-0.05, 0) is 100 Å². The zero-order chi connectivity index (χ0) is 45.4. The number of para-hydroxylation sites is 1. The van der Waals surface area contributed by atoms with E-state index in [9.17, 15) is 0 Å². The Morgan fingerprint density at radius 3 is 1.32 bits per heavy atom. The molecule has 0 radical (unpaired) electrons. The first-order valence-electron chi connectivity index (χ1n) is 23.2. The highest BCUT2D eigenvalue weighted by Crippen LogP contribution is 2.42. The molecule has 0 aliphatic carbocycles. The van der Waals surface area contributed by atoms with E-state index < -0.39 is 0 Å². The first kappa shape index (κ1) is 38.8. The summed E-state index contributed by atoms with van der Waals surface area (Å²) in [7, 11) is 0. The fraction of sp³-hybridized carbons (Fsp3) is 0. The Balaban J connectivity index is 0.990. The van der Waals surface area contributed by atoms with Crippen molar-refractivity contribution in [3.8, 4) is 73.2 Å². The minimum Gasteiger partial charge on any atom is -0.456 e. The maximum absolute atomic E-state index is 6.69. The van der Waals surface area contributed by atoms with Gasteiger partial charge in [0.15, 0.2) is 17.5 Å². The van der Waals surface area contributed by atoms with Gasteiger partial charge in [0, 0.05) is 54.7 Å². The monoisotopic (exact) mass is 882 g/mol. The van der Waals surface area contributed by atoms with Crippen molar-refractivity contribution in [2.24, 2.45) is 0 Å². The molecule has 0 saturated carbocycles. The van der Waals surface area contributed by atoms with Gasteiger partial charge in [0.25, 0.3) is 0 Å². The van der Waals surface area contributed by atoms with E-state index in [2.05, 4.69) is 187 Å². The van der Waals surface area contributed by atoms with Crippen molar-refractivity contribution in [1.82, 2.24) is 19.5 Å². The number of hydrogen-bond donors (Lipinski definition) is 0. The summed E-state index contributed by atoms with van der Waals surface area (Å²) in [5, 5.41) is 6.23. The van der Waals surface area contributed by atoms with Gasteiger partial charge in [0.1, 0.15) is 22.3 Å². The molecule has 6 nitrogen and oxygen atoms in total. The number of fused-ring (bicyclic) bond motifs is 9. The third-order valence-corrected chi connectivity index (χ3v) is 13.5. The van der Waals surface area contributed by atoms with Crippen molar-refractivity contribution in [2.75, 3.05) is 0 Å². The number of benzene rings is 10. The molecule has 4 heterocycles. The molecule has 10 aromatic carbocycles. The highest BCUT2D eigenvalue weighted by molar-refractivity contribution is 6.15. The molecule has 0 fully saturated rings. The van der Waals surface area contributed by atoms with Crippen LogP contribution in [0.15, 0.2) is 239 Å². The molecule has 0 atom stereocenters.